The van der Waals surface area contributed by atoms with E-state index in [9.17, 15) is 4.39 Å². The van der Waals surface area contributed by atoms with E-state index in [-0.39, 0.29) is 11.9 Å². The van der Waals surface area contributed by atoms with Gasteiger partial charge < -0.3 is 5.32 Å². The Morgan fingerprint density at radius 3 is 2.94 bits per heavy atom. The lowest BCUT2D eigenvalue weighted by atomic mass is 9.93. The Morgan fingerprint density at radius 1 is 1.19 bits per heavy atom. The van der Waals surface area contributed by atoms with E-state index in [0.29, 0.717) is 5.95 Å². The monoisotopic (exact) mass is 432 g/mol. The molecule has 1 aromatic carbocycles. The molecule has 1 atom stereocenters. The molecule has 5 rings (SSSR count). The van der Waals surface area contributed by atoms with Crippen molar-refractivity contribution in [3.05, 3.63) is 65.4 Å². The van der Waals surface area contributed by atoms with E-state index in [1.807, 2.05) is 37.5 Å². The van der Waals surface area contributed by atoms with E-state index in [1.54, 1.807) is 10.6 Å². The number of rotatable bonds is 7. The number of aryl methyl sites for hydroxylation is 2. The first-order valence-corrected chi connectivity index (χ1v) is 11.5. The Labute approximate surface area is 187 Å². The average molecular weight is 433 g/mol. The molecule has 0 saturated heterocycles. The van der Waals surface area contributed by atoms with Crippen molar-refractivity contribution in [1.29, 1.82) is 0 Å². The number of fused-ring (bicyclic) bond motifs is 2. The summed E-state index contributed by atoms with van der Waals surface area (Å²) in [5.41, 5.74) is 6.28. The van der Waals surface area contributed by atoms with Crippen LogP contribution in [0, 0.1) is 12.7 Å². The van der Waals surface area contributed by atoms with Gasteiger partial charge in [-0.1, -0.05) is 25.8 Å². The maximum atomic E-state index is 13.6. The van der Waals surface area contributed by atoms with Gasteiger partial charge in [-0.2, -0.15) is 10.1 Å². The lowest BCUT2D eigenvalue weighted by Crippen LogP contribution is -2.28. The van der Waals surface area contributed by atoms with Gasteiger partial charge in [0.15, 0.2) is 5.65 Å². The molecule has 0 spiro atoms. The fourth-order valence-electron chi connectivity index (χ4n) is 4.70. The highest BCUT2D eigenvalue weighted by Crippen LogP contribution is 2.29. The van der Waals surface area contributed by atoms with Gasteiger partial charge in [0.1, 0.15) is 5.82 Å². The number of hydrogen-bond donors (Lipinski definition) is 1. The summed E-state index contributed by atoms with van der Waals surface area (Å²) in [4.78, 5) is 4.78. The molecule has 0 saturated carbocycles. The Kier molecular flexibility index (Phi) is 5.64. The third kappa shape index (κ3) is 3.99. The average Bonchev–Trinajstić information content (AvgIpc) is 3.37. The first kappa shape index (κ1) is 20.7. The first-order chi connectivity index (χ1) is 15.6. The van der Waals surface area contributed by atoms with Crippen LogP contribution in [0.25, 0.3) is 16.8 Å². The molecule has 3 heterocycles. The molecule has 7 heteroatoms. The molecule has 1 unspecified atom stereocenters. The number of hydrogen-bond acceptors (Lipinski definition) is 4. The van der Waals surface area contributed by atoms with E-state index in [0.717, 1.165) is 48.1 Å². The number of pyridine rings is 1. The van der Waals surface area contributed by atoms with Gasteiger partial charge in [-0.05, 0) is 73.6 Å². The molecular weight excluding hydrogens is 403 g/mol. The van der Waals surface area contributed by atoms with Crippen molar-refractivity contribution in [2.24, 2.45) is 0 Å². The van der Waals surface area contributed by atoms with Crippen LogP contribution in [0.3, 0.4) is 0 Å². The third-order valence-electron chi connectivity index (χ3n) is 6.38. The summed E-state index contributed by atoms with van der Waals surface area (Å²) >= 11 is 0. The van der Waals surface area contributed by atoms with Crippen LogP contribution in [-0.2, 0) is 19.4 Å². The molecule has 166 valence electrons. The number of halogens is 1. The van der Waals surface area contributed by atoms with Crippen LogP contribution < -0.4 is 5.32 Å². The maximum absolute atomic E-state index is 13.6. The Bertz CT molecular complexity index is 1240. The molecule has 1 aliphatic rings. The van der Waals surface area contributed by atoms with E-state index >= 15 is 0 Å². The lowest BCUT2D eigenvalue weighted by Gasteiger charge is -2.23. The summed E-state index contributed by atoms with van der Waals surface area (Å²) in [7, 11) is 0. The highest BCUT2D eigenvalue weighted by Gasteiger charge is 2.23. The molecule has 0 fully saturated rings. The highest BCUT2D eigenvalue weighted by molar-refractivity contribution is 5.79. The van der Waals surface area contributed by atoms with Gasteiger partial charge in [-0.3, -0.25) is 4.68 Å². The fourth-order valence-corrected chi connectivity index (χ4v) is 4.70. The van der Waals surface area contributed by atoms with E-state index < -0.39 is 0 Å². The summed E-state index contributed by atoms with van der Waals surface area (Å²) in [6.45, 7) is 5.16. The van der Waals surface area contributed by atoms with E-state index in [4.69, 9.17) is 4.98 Å². The second kappa shape index (κ2) is 8.73. The van der Waals surface area contributed by atoms with Crippen LogP contribution in [0.2, 0.25) is 0 Å². The molecule has 0 aliphatic heterocycles. The molecule has 4 aromatic rings. The van der Waals surface area contributed by atoms with Crippen molar-refractivity contribution < 1.29 is 4.39 Å². The highest BCUT2D eigenvalue weighted by atomic mass is 19.1. The minimum Gasteiger partial charge on any atom is -0.350 e. The van der Waals surface area contributed by atoms with Gasteiger partial charge >= 0.3 is 0 Å². The summed E-state index contributed by atoms with van der Waals surface area (Å²) in [5.74, 6) is 0.397. The number of anilines is 1. The fraction of sp³-hybridized carbons (Fsp3) is 0.400. The van der Waals surface area contributed by atoms with Crippen molar-refractivity contribution >= 4 is 11.6 Å². The molecular formula is C25H29FN6. The molecule has 0 bridgehead atoms. The number of aromatic nitrogens is 5. The third-order valence-corrected chi connectivity index (χ3v) is 6.38. The zero-order valence-corrected chi connectivity index (χ0v) is 18.7. The van der Waals surface area contributed by atoms with Crippen LogP contribution in [0.1, 0.15) is 49.4 Å². The number of benzene rings is 1. The molecule has 0 amide bonds. The minimum absolute atomic E-state index is 0.229. The van der Waals surface area contributed by atoms with Crippen molar-refractivity contribution in [1.82, 2.24) is 24.4 Å². The van der Waals surface area contributed by atoms with Gasteiger partial charge in [-0.15, -0.1) is 5.10 Å². The summed E-state index contributed by atoms with van der Waals surface area (Å²) in [6, 6.07) is 9.09. The van der Waals surface area contributed by atoms with Crippen LogP contribution in [-0.4, -0.2) is 30.4 Å². The van der Waals surface area contributed by atoms with Crippen LogP contribution in [0.15, 0.2) is 42.7 Å². The quantitative estimate of drug-likeness (QED) is 0.408. The van der Waals surface area contributed by atoms with Crippen molar-refractivity contribution in [3.63, 3.8) is 0 Å². The summed E-state index contributed by atoms with van der Waals surface area (Å²) in [6.07, 6.45) is 10.6. The Hall–Kier alpha value is -3.22. The van der Waals surface area contributed by atoms with Crippen LogP contribution in [0.5, 0.6) is 0 Å². The second-order valence-corrected chi connectivity index (χ2v) is 8.72. The van der Waals surface area contributed by atoms with Gasteiger partial charge in [0.05, 0.1) is 6.20 Å². The molecule has 6 nitrogen and oxygen atoms in total. The summed E-state index contributed by atoms with van der Waals surface area (Å²) in [5, 5.41) is 12.8. The van der Waals surface area contributed by atoms with E-state index in [2.05, 4.69) is 27.1 Å². The zero-order chi connectivity index (χ0) is 22.1. The largest absolute Gasteiger partial charge is 0.350 e. The SMILES string of the molecule is CCCCCn1ncc2c1CCC(Nc1nc3c(-c4ccc(F)cc4C)cccn3n1)C2. The normalized spacial score (nSPS) is 15.8. The maximum Gasteiger partial charge on any atom is 0.243 e. The number of nitrogens with zero attached hydrogens (tertiary/aromatic N) is 5. The van der Waals surface area contributed by atoms with Crippen molar-refractivity contribution in [2.45, 2.75) is 65.0 Å². The van der Waals surface area contributed by atoms with Crippen LogP contribution >= 0.6 is 0 Å². The molecule has 3 aromatic heterocycles. The van der Waals surface area contributed by atoms with Crippen molar-refractivity contribution in [2.75, 3.05) is 5.32 Å². The standard InChI is InChI=1S/C25H29FN6/c1-3-4-5-12-31-23-11-9-20(15-18(23)16-27-31)28-25-29-24-22(7-6-13-32(24)30-25)21-10-8-19(26)14-17(21)2/h6-8,10,13-14,16,20H,3-5,9,11-12,15H2,1-2H3,(H,28,30). The van der Waals surface area contributed by atoms with Gasteiger partial charge in [-0.25, -0.2) is 8.91 Å². The second-order valence-electron chi connectivity index (χ2n) is 8.72. The van der Waals surface area contributed by atoms with Gasteiger partial charge in [0, 0.05) is 30.0 Å². The van der Waals surface area contributed by atoms with Crippen molar-refractivity contribution in [3.8, 4) is 11.1 Å². The topological polar surface area (TPSA) is 60.0 Å². The zero-order valence-electron chi connectivity index (χ0n) is 18.7. The Balaban J connectivity index is 1.35. The van der Waals surface area contributed by atoms with Crippen LogP contribution in [0.4, 0.5) is 10.3 Å². The lowest BCUT2D eigenvalue weighted by molar-refractivity contribution is 0.509. The van der Waals surface area contributed by atoms with Gasteiger partial charge in [0.2, 0.25) is 5.95 Å². The molecule has 32 heavy (non-hydrogen) atoms. The molecule has 1 N–H and O–H groups in total. The minimum atomic E-state index is -0.229. The van der Waals surface area contributed by atoms with E-state index in [1.165, 1.54) is 36.6 Å². The molecule has 1 aliphatic carbocycles. The Morgan fingerprint density at radius 2 is 2.09 bits per heavy atom. The van der Waals surface area contributed by atoms with Gasteiger partial charge in [0.25, 0.3) is 0 Å². The number of nitrogens with one attached hydrogen (secondary N) is 1. The summed E-state index contributed by atoms with van der Waals surface area (Å²) < 4.78 is 17.6. The number of unbranched alkanes of at least 4 members (excludes halogenated alkanes) is 2. The smallest absolute Gasteiger partial charge is 0.243 e. The predicted molar refractivity (Wildman–Crippen MR) is 124 cm³/mol. The predicted octanol–water partition coefficient (Wildman–Crippen LogP) is 5.20. The molecule has 0 radical (unpaired) electrons. The first-order valence-electron chi connectivity index (χ1n) is 11.5.